The molecule has 0 aromatic carbocycles. The Bertz CT molecular complexity index is 617. The zero-order chi connectivity index (χ0) is 17.4. The van der Waals surface area contributed by atoms with E-state index in [1.165, 1.54) is 19.3 Å². The van der Waals surface area contributed by atoms with Crippen LogP contribution in [0.3, 0.4) is 0 Å². The van der Waals surface area contributed by atoms with Gasteiger partial charge in [0.1, 0.15) is 5.69 Å². The van der Waals surface area contributed by atoms with Crippen LogP contribution in [0.4, 0.5) is 0 Å². The van der Waals surface area contributed by atoms with Crippen molar-refractivity contribution in [2.24, 2.45) is 11.3 Å². The minimum Gasteiger partial charge on any atom is -0.396 e. The van der Waals surface area contributed by atoms with Crippen molar-refractivity contribution in [3.05, 3.63) is 18.0 Å². The van der Waals surface area contributed by atoms with Gasteiger partial charge in [0.05, 0.1) is 0 Å². The average Bonchev–Trinajstić information content (AvgIpc) is 3.18. The Labute approximate surface area is 149 Å². The predicted molar refractivity (Wildman–Crippen MR) is 95.3 cm³/mol. The van der Waals surface area contributed by atoms with Gasteiger partial charge in [-0.3, -0.25) is 14.4 Å². The Morgan fingerprint density at radius 1 is 1.36 bits per heavy atom. The van der Waals surface area contributed by atoms with Crippen LogP contribution in [0, 0.1) is 11.3 Å². The van der Waals surface area contributed by atoms with E-state index in [0.29, 0.717) is 11.6 Å². The molecule has 1 unspecified atom stereocenters. The van der Waals surface area contributed by atoms with Crippen molar-refractivity contribution in [2.75, 3.05) is 32.8 Å². The maximum Gasteiger partial charge on any atom is 0.272 e. The van der Waals surface area contributed by atoms with Crippen LogP contribution in [0.2, 0.25) is 0 Å². The van der Waals surface area contributed by atoms with E-state index in [1.54, 1.807) is 10.9 Å². The molecular formula is C19H30N4O2. The van der Waals surface area contributed by atoms with Crippen LogP contribution in [0.15, 0.2) is 12.3 Å². The van der Waals surface area contributed by atoms with Crippen molar-refractivity contribution in [2.45, 2.75) is 51.6 Å². The van der Waals surface area contributed by atoms with Crippen molar-refractivity contribution in [3.63, 3.8) is 0 Å². The molecule has 0 radical (unpaired) electrons. The summed E-state index contributed by atoms with van der Waals surface area (Å²) in [6.45, 7) is 6.74. The summed E-state index contributed by atoms with van der Waals surface area (Å²) in [4.78, 5) is 17.4. The smallest absolute Gasteiger partial charge is 0.272 e. The molecular weight excluding hydrogens is 316 g/mol. The SMILES string of the molecule is CCn1nccc1C(=O)N1CCC2(CC1)CN(C1CCC1)CC2CO. The lowest BCUT2D eigenvalue weighted by Crippen LogP contribution is -2.48. The summed E-state index contributed by atoms with van der Waals surface area (Å²) in [5.41, 5.74) is 0.895. The minimum absolute atomic E-state index is 0.101. The molecule has 2 saturated heterocycles. The number of piperidine rings is 1. The Morgan fingerprint density at radius 2 is 2.12 bits per heavy atom. The van der Waals surface area contributed by atoms with E-state index in [9.17, 15) is 9.90 Å². The molecule has 1 N–H and O–H groups in total. The number of aromatic nitrogens is 2. The van der Waals surface area contributed by atoms with Gasteiger partial charge in [-0.15, -0.1) is 0 Å². The van der Waals surface area contributed by atoms with E-state index in [2.05, 4.69) is 10.00 Å². The molecule has 3 fully saturated rings. The van der Waals surface area contributed by atoms with E-state index in [4.69, 9.17) is 0 Å². The lowest BCUT2D eigenvalue weighted by Gasteiger charge is -2.43. The molecule has 0 bridgehead atoms. The van der Waals surface area contributed by atoms with Crippen molar-refractivity contribution in [3.8, 4) is 0 Å². The van der Waals surface area contributed by atoms with Gasteiger partial charge >= 0.3 is 0 Å². The minimum atomic E-state index is 0.101. The average molecular weight is 346 g/mol. The van der Waals surface area contributed by atoms with E-state index >= 15 is 0 Å². The summed E-state index contributed by atoms with van der Waals surface area (Å²) in [5.74, 6) is 0.468. The highest BCUT2D eigenvalue weighted by Gasteiger charge is 2.50. The largest absolute Gasteiger partial charge is 0.396 e. The Hall–Kier alpha value is -1.40. The Kier molecular flexibility index (Phi) is 4.58. The highest BCUT2D eigenvalue weighted by molar-refractivity contribution is 5.92. The van der Waals surface area contributed by atoms with Crippen molar-refractivity contribution < 1.29 is 9.90 Å². The Morgan fingerprint density at radius 3 is 2.72 bits per heavy atom. The van der Waals surface area contributed by atoms with E-state index in [1.807, 2.05) is 17.9 Å². The van der Waals surface area contributed by atoms with Crippen LogP contribution >= 0.6 is 0 Å². The summed E-state index contributed by atoms with van der Waals surface area (Å²) >= 11 is 0. The molecule has 1 spiro atoms. The first-order valence-electron chi connectivity index (χ1n) is 9.83. The number of carbonyl (C=O) groups is 1. The van der Waals surface area contributed by atoms with Crippen molar-refractivity contribution in [1.29, 1.82) is 0 Å². The van der Waals surface area contributed by atoms with Gasteiger partial charge in [-0.1, -0.05) is 6.42 Å². The topological polar surface area (TPSA) is 61.6 Å². The van der Waals surface area contributed by atoms with Gasteiger partial charge in [0.2, 0.25) is 0 Å². The zero-order valence-corrected chi connectivity index (χ0v) is 15.2. The highest BCUT2D eigenvalue weighted by atomic mass is 16.3. The van der Waals surface area contributed by atoms with Crippen LogP contribution in [0.5, 0.6) is 0 Å². The number of aliphatic hydroxyl groups is 1. The fourth-order valence-electron chi connectivity index (χ4n) is 5.01. The van der Waals surface area contributed by atoms with Gasteiger partial charge < -0.3 is 10.0 Å². The van der Waals surface area contributed by atoms with E-state index < -0.39 is 0 Å². The van der Waals surface area contributed by atoms with Gasteiger partial charge in [0.25, 0.3) is 5.91 Å². The molecule has 1 saturated carbocycles. The van der Waals surface area contributed by atoms with Crippen LogP contribution < -0.4 is 0 Å². The van der Waals surface area contributed by atoms with Crippen LogP contribution in [0.25, 0.3) is 0 Å². The molecule has 138 valence electrons. The molecule has 3 aliphatic rings. The molecule has 25 heavy (non-hydrogen) atoms. The van der Waals surface area contributed by atoms with Gasteiger partial charge in [-0.2, -0.15) is 5.10 Å². The van der Waals surface area contributed by atoms with Crippen molar-refractivity contribution in [1.82, 2.24) is 19.6 Å². The molecule has 1 aliphatic carbocycles. The number of hydrogen-bond donors (Lipinski definition) is 1. The number of carbonyl (C=O) groups excluding carboxylic acids is 1. The van der Waals surface area contributed by atoms with Gasteiger partial charge in [-0.05, 0) is 44.1 Å². The summed E-state index contributed by atoms with van der Waals surface area (Å²) in [6.07, 6.45) is 7.71. The molecule has 3 heterocycles. The molecule has 6 nitrogen and oxygen atoms in total. The van der Waals surface area contributed by atoms with Crippen LogP contribution in [0.1, 0.15) is 49.5 Å². The summed E-state index contributed by atoms with van der Waals surface area (Å²) in [7, 11) is 0. The van der Waals surface area contributed by atoms with Crippen LogP contribution in [-0.4, -0.2) is 69.4 Å². The summed E-state index contributed by atoms with van der Waals surface area (Å²) in [5, 5.41) is 14.2. The maximum atomic E-state index is 12.8. The monoisotopic (exact) mass is 346 g/mol. The van der Waals surface area contributed by atoms with E-state index in [-0.39, 0.29) is 17.9 Å². The fraction of sp³-hybridized carbons (Fsp3) is 0.789. The molecule has 6 heteroatoms. The van der Waals surface area contributed by atoms with Gasteiger partial charge in [0.15, 0.2) is 0 Å². The number of aliphatic hydroxyl groups excluding tert-OH is 1. The van der Waals surface area contributed by atoms with E-state index in [0.717, 1.165) is 51.6 Å². The lowest BCUT2D eigenvalue weighted by atomic mass is 9.71. The quantitative estimate of drug-likeness (QED) is 0.900. The van der Waals surface area contributed by atoms with Gasteiger partial charge in [-0.25, -0.2) is 0 Å². The summed E-state index contributed by atoms with van der Waals surface area (Å²) < 4.78 is 1.77. The third-order valence-corrected chi connectivity index (χ3v) is 6.93. The number of amides is 1. The second-order valence-corrected chi connectivity index (χ2v) is 8.08. The zero-order valence-electron chi connectivity index (χ0n) is 15.2. The standard InChI is InChI=1S/C19H30N4O2/c1-2-23-17(6-9-20-23)18(25)21-10-7-19(8-11-21)14-22(12-15(19)13-24)16-4-3-5-16/h6,9,15-16,24H,2-5,7-8,10-14H2,1H3. The predicted octanol–water partition coefficient (Wildman–Crippen LogP) is 1.60. The van der Waals surface area contributed by atoms with Crippen molar-refractivity contribution >= 4 is 5.91 Å². The first kappa shape index (κ1) is 17.0. The fourth-order valence-corrected chi connectivity index (χ4v) is 5.01. The Balaban J connectivity index is 1.42. The number of rotatable bonds is 4. The number of aryl methyl sites for hydroxylation is 1. The first-order chi connectivity index (χ1) is 12.2. The molecule has 1 aromatic rings. The molecule has 1 atom stereocenters. The molecule has 4 rings (SSSR count). The number of hydrogen-bond acceptors (Lipinski definition) is 4. The van der Waals surface area contributed by atoms with Crippen LogP contribution in [-0.2, 0) is 6.54 Å². The van der Waals surface area contributed by atoms with Gasteiger partial charge in [0, 0.05) is 57.5 Å². The molecule has 1 amide bonds. The highest BCUT2D eigenvalue weighted by Crippen LogP contribution is 2.46. The number of likely N-dealkylation sites (tertiary alicyclic amines) is 2. The summed E-state index contributed by atoms with van der Waals surface area (Å²) in [6, 6.07) is 2.56. The normalized spacial score (nSPS) is 27.0. The second kappa shape index (κ2) is 6.72. The molecule has 2 aliphatic heterocycles. The lowest BCUT2D eigenvalue weighted by molar-refractivity contribution is 0.0377. The first-order valence-corrected chi connectivity index (χ1v) is 9.83. The number of nitrogens with zero attached hydrogens (tertiary/aromatic N) is 4. The third-order valence-electron chi connectivity index (χ3n) is 6.93. The maximum absolute atomic E-state index is 12.8. The third kappa shape index (κ3) is 2.89. The molecule has 1 aromatic heterocycles. The second-order valence-electron chi connectivity index (χ2n) is 8.08.